The van der Waals surface area contributed by atoms with E-state index in [0.29, 0.717) is 17.3 Å². The number of nitrogens with zero attached hydrogens (tertiary/aromatic N) is 1. The topological polar surface area (TPSA) is 29.3 Å². The van der Waals surface area contributed by atoms with E-state index >= 15 is 0 Å². The van der Waals surface area contributed by atoms with Gasteiger partial charge >= 0.3 is 0 Å². The van der Waals surface area contributed by atoms with Gasteiger partial charge in [-0.15, -0.1) is 0 Å². The first-order valence-corrected chi connectivity index (χ1v) is 5.88. The number of hydrogen-bond donors (Lipinski definition) is 1. The van der Waals surface area contributed by atoms with E-state index in [9.17, 15) is 4.39 Å². The normalized spacial score (nSPS) is 16.7. The van der Waals surface area contributed by atoms with Gasteiger partial charge in [-0.3, -0.25) is 0 Å². The fourth-order valence-electron chi connectivity index (χ4n) is 2.48. The number of benzene rings is 1. The molecular weight excluding hydrogens is 203 g/mol. The second-order valence-electron chi connectivity index (χ2n) is 4.71. The molecule has 16 heavy (non-hydrogen) atoms. The first-order valence-electron chi connectivity index (χ1n) is 5.88. The maximum Gasteiger partial charge on any atom is 0.128 e. The van der Waals surface area contributed by atoms with Gasteiger partial charge in [0.15, 0.2) is 0 Å². The standard InChI is InChI=1S/C13H19FN2/c1-9-7-13(12(15)8-11(9)14)16(2)10-5-3-4-6-10/h7-8,10H,3-6,15H2,1-2H3. The Labute approximate surface area is 96.2 Å². The first kappa shape index (κ1) is 11.2. The Kier molecular flexibility index (Phi) is 3.03. The van der Waals surface area contributed by atoms with Gasteiger partial charge in [-0.25, -0.2) is 4.39 Å². The highest BCUT2D eigenvalue weighted by atomic mass is 19.1. The molecule has 0 heterocycles. The van der Waals surface area contributed by atoms with Crippen molar-refractivity contribution >= 4 is 11.4 Å². The van der Waals surface area contributed by atoms with Gasteiger partial charge < -0.3 is 10.6 Å². The van der Waals surface area contributed by atoms with E-state index in [1.807, 2.05) is 6.07 Å². The second-order valence-corrected chi connectivity index (χ2v) is 4.71. The quantitative estimate of drug-likeness (QED) is 0.779. The summed E-state index contributed by atoms with van der Waals surface area (Å²) in [5, 5.41) is 0. The van der Waals surface area contributed by atoms with Crippen molar-refractivity contribution in [3.8, 4) is 0 Å². The zero-order valence-electron chi connectivity index (χ0n) is 9.96. The van der Waals surface area contributed by atoms with Crippen LogP contribution in [0.1, 0.15) is 31.2 Å². The molecule has 1 saturated carbocycles. The molecule has 1 aliphatic rings. The van der Waals surface area contributed by atoms with E-state index in [2.05, 4.69) is 11.9 Å². The summed E-state index contributed by atoms with van der Waals surface area (Å²) in [4.78, 5) is 2.20. The number of nitrogen functional groups attached to an aromatic ring is 1. The molecule has 1 aromatic rings. The summed E-state index contributed by atoms with van der Waals surface area (Å²) in [5.74, 6) is -0.221. The Morgan fingerprint density at radius 3 is 2.56 bits per heavy atom. The minimum atomic E-state index is -0.221. The average molecular weight is 222 g/mol. The van der Waals surface area contributed by atoms with Gasteiger partial charge in [0.05, 0.1) is 11.4 Å². The van der Waals surface area contributed by atoms with Crippen LogP contribution in [0.2, 0.25) is 0 Å². The SMILES string of the molecule is Cc1cc(N(C)C2CCCC2)c(N)cc1F. The highest BCUT2D eigenvalue weighted by molar-refractivity contribution is 5.68. The summed E-state index contributed by atoms with van der Waals surface area (Å²) in [6.07, 6.45) is 5.00. The van der Waals surface area contributed by atoms with Crippen molar-refractivity contribution in [2.75, 3.05) is 17.7 Å². The van der Waals surface area contributed by atoms with Gasteiger partial charge in [-0.1, -0.05) is 12.8 Å². The molecule has 0 aromatic heterocycles. The van der Waals surface area contributed by atoms with Crippen LogP contribution in [0.25, 0.3) is 0 Å². The van der Waals surface area contributed by atoms with Crippen molar-refractivity contribution in [2.45, 2.75) is 38.6 Å². The van der Waals surface area contributed by atoms with Crippen LogP contribution >= 0.6 is 0 Å². The van der Waals surface area contributed by atoms with Crippen molar-refractivity contribution < 1.29 is 4.39 Å². The van der Waals surface area contributed by atoms with E-state index in [1.54, 1.807) is 6.92 Å². The van der Waals surface area contributed by atoms with E-state index < -0.39 is 0 Å². The van der Waals surface area contributed by atoms with Crippen LogP contribution in [0.4, 0.5) is 15.8 Å². The molecule has 88 valence electrons. The molecule has 0 spiro atoms. The molecule has 2 rings (SSSR count). The lowest BCUT2D eigenvalue weighted by atomic mass is 10.1. The number of aryl methyl sites for hydroxylation is 1. The Bertz CT molecular complexity index is 384. The molecular formula is C13H19FN2. The molecule has 1 fully saturated rings. The maximum atomic E-state index is 13.3. The summed E-state index contributed by atoms with van der Waals surface area (Å²) in [7, 11) is 2.05. The number of nitrogens with two attached hydrogens (primary N) is 1. The second kappa shape index (κ2) is 4.32. The van der Waals surface area contributed by atoms with E-state index in [4.69, 9.17) is 5.73 Å². The molecule has 2 nitrogen and oxygen atoms in total. The van der Waals surface area contributed by atoms with Crippen LogP contribution in [-0.4, -0.2) is 13.1 Å². The van der Waals surface area contributed by atoms with E-state index in [1.165, 1.54) is 31.7 Å². The minimum absolute atomic E-state index is 0.221. The van der Waals surface area contributed by atoms with Crippen LogP contribution in [0, 0.1) is 12.7 Å². The minimum Gasteiger partial charge on any atom is -0.397 e. The molecule has 0 amide bonds. The largest absolute Gasteiger partial charge is 0.397 e. The van der Waals surface area contributed by atoms with Crippen molar-refractivity contribution in [1.29, 1.82) is 0 Å². The molecule has 0 atom stereocenters. The third-order valence-electron chi connectivity index (χ3n) is 3.56. The zero-order chi connectivity index (χ0) is 11.7. The third-order valence-corrected chi connectivity index (χ3v) is 3.56. The Morgan fingerprint density at radius 1 is 1.31 bits per heavy atom. The predicted octanol–water partition coefficient (Wildman–Crippen LogP) is 3.10. The molecule has 2 N–H and O–H groups in total. The van der Waals surface area contributed by atoms with Gasteiger partial charge in [0.1, 0.15) is 5.82 Å². The van der Waals surface area contributed by atoms with Crippen molar-refractivity contribution in [1.82, 2.24) is 0 Å². The van der Waals surface area contributed by atoms with Gasteiger partial charge in [0.2, 0.25) is 0 Å². The van der Waals surface area contributed by atoms with Gasteiger partial charge in [-0.05, 0) is 37.5 Å². The highest BCUT2D eigenvalue weighted by Gasteiger charge is 2.21. The fourth-order valence-corrected chi connectivity index (χ4v) is 2.48. The molecule has 0 aliphatic heterocycles. The summed E-state index contributed by atoms with van der Waals surface area (Å²) in [5.41, 5.74) is 8.04. The molecule has 0 bridgehead atoms. The van der Waals surface area contributed by atoms with Crippen LogP contribution in [0.15, 0.2) is 12.1 Å². The van der Waals surface area contributed by atoms with Gasteiger partial charge in [0, 0.05) is 13.1 Å². The van der Waals surface area contributed by atoms with Crippen molar-refractivity contribution in [3.05, 3.63) is 23.5 Å². The predicted molar refractivity (Wildman–Crippen MR) is 66.2 cm³/mol. The average Bonchev–Trinajstić information content (AvgIpc) is 2.75. The van der Waals surface area contributed by atoms with Crippen molar-refractivity contribution in [2.24, 2.45) is 0 Å². The number of rotatable bonds is 2. The Morgan fingerprint density at radius 2 is 1.94 bits per heavy atom. The molecule has 0 unspecified atom stereocenters. The van der Waals surface area contributed by atoms with Crippen LogP contribution in [-0.2, 0) is 0 Å². The van der Waals surface area contributed by atoms with Gasteiger partial charge in [-0.2, -0.15) is 0 Å². The molecule has 0 saturated heterocycles. The molecule has 1 aliphatic carbocycles. The third kappa shape index (κ3) is 1.99. The number of halogens is 1. The lowest BCUT2D eigenvalue weighted by molar-refractivity contribution is 0.616. The van der Waals surface area contributed by atoms with Crippen LogP contribution in [0.3, 0.4) is 0 Å². The fraction of sp³-hybridized carbons (Fsp3) is 0.538. The zero-order valence-corrected chi connectivity index (χ0v) is 9.96. The molecule has 0 radical (unpaired) electrons. The molecule has 1 aromatic carbocycles. The van der Waals surface area contributed by atoms with Crippen LogP contribution in [0.5, 0.6) is 0 Å². The summed E-state index contributed by atoms with van der Waals surface area (Å²) in [6, 6.07) is 3.84. The smallest absolute Gasteiger partial charge is 0.128 e. The lowest BCUT2D eigenvalue weighted by Crippen LogP contribution is -2.29. The number of hydrogen-bond acceptors (Lipinski definition) is 2. The Balaban J connectivity index is 2.28. The maximum absolute atomic E-state index is 13.3. The van der Waals surface area contributed by atoms with E-state index in [0.717, 1.165) is 5.69 Å². The lowest BCUT2D eigenvalue weighted by Gasteiger charge is -2.28. The Hall–Kier alpha value is -1.25. The molecule has 3 heteroatoms. The summed E-state index contributed by atoms with van der Waals surface area (Å²) >= 11 is 0. The number of anilines is 2. The summed E-state index contributed by atoms with van der Waals surface area (Å²) < 4.78 is 13.3. The van der Waals surface area contributed by atoms with Crippen molar-refractivity contribution in [3.63, 3.8) is 0 Å². The highest BCUT2D eigenvalue weighted by Crippen LogP contribution is 2.31. The van der Waals surface area contributed by atoms with Gasteiger partial charge in [0.25, 0.3) is 0 Å². The summed E-state index contributed by atoms with van der Waals surface area (Å²) in [6.45, 7) is 1.78. The van der Waals surface area contributed by atoms with E-state index in [-0.39, 0.29) is 5.82 Å². The first-order chi connectivity index (χ1) is 7.59. The van der Waals surface area contributed by atoms with Crippen LogP contribution < -0.4 is 10.6 Å². The monoisotopic (exact) mass is 222 g/mol.